The van der Waals surface area contributed by atoms with Gasteiger partial charge in [0.2, 0.25) is 0 Å². The van der Waals surface area contributed by atoms with E-state index in [1.165, 1.54) is 12.1 Å². The second kappa shape index (κ2) is 12.0. The molecule has 0 heterocycles. The third-order valence-corrected chi connectivity index (χ3v) is 3.61. The number of nitrogens with one attached hydrogen (secondary N) is 1. The van der Waals surface area contributed by atoms with Crippen LogP contribution in [0.1, 0.15) is 6.42 Å². The fourth-order valence-electron chi connectivity index (χ4n) is 1.99. The summed E-state index contributed by atoms with van der Waals surface area (Å²) in [6, 6.07) is 4.04. The Labute approximate surface area is 147 Å². The van der Waals surface area contributed by atoms with Gasteiger partial charge in [0.05, 0.1) is 11.6 Å². The van der Waals surface area contributed by atoms with Crippen LogP contribution in [0.4, 0.5) is 4.39 Å². The maximum Gasteiger partial charge on any atom is 0.257 e. The van der Waals surface area contributed by atoms with E-state index >= 15 is 0 Å². The number of nitrogens with two attached hydrogens (primary N) is 1. The van der Waals surface area contributed by atoms with Crippen molar-refractivity contribution in [3.05, 3.63) is 29.0 Å². The predicted molar refractivity (Wildman–Crippen MR) is 91.9 cm³/mol. The van der Waals surface area contributed by atoms with Gasteiger partial charge in [-0.3, -0.25) is 9.69 Å². The van der Waals surface area contributed by atoms with E-state index in [9.17, 15) is 9.18 Å². The molecule has 0 spiro atoms. The number of ether oxygens (including phenoxy) is 2. The van der Waals surface area contributed by atoms with Crippen LogP contribution in [-0.4, -0.2) is 63.9 Å². The molecule has 0 aliphatic rings. The molecule has 0 unspecified atom stereocenters. The van der Waals surface area contributed by atoms with Gasteiger partial charge in [-0.15, -0.1) is 0 Å². The Hall–Kier alpha value is -1.41. The number of carbonyl (C=O) groups excluding carboxylic acids is 1. The smallest absolute Gasteiger partial charge is 0.257 e. The minimum Gasteiger partial charge on any atom is -0.484 e. The van der Waals surface area contributed by atoms with Gasteiger partial charge in [-0.2, -0.15) is 0 Å². The van der Waals surface area contributed by atoms with E-state index in [0.29, 0.717) is 26.2 Å². The number of carbonyl (C=O) groups is 1. The molecule has 0 saturated carbocycles. The maximum absolute atomic E-state index is 13.3. The summed E-state index contributed by atoms with van der Waals surface area (Å²) >= 11 is 5.58. The standard InChI is InChI=1S/C16H25ClFN3O3/c1-23-10-9-21(7-2-5-19)8-6-20-16(22)12-24-13-3-4-14(17)15(18)11-13/h3-4,11H,2,5-10,12,19H2,1H3,(H,20,22). The zero-order valence-electron chi connectivity index (χ0n) is 13.9. The first-order valence-electron chi connectivity index (χ1n) is 7.82. The summed E-state index contributed by atoms with van der Waals surface area (Å²) in [4.78, 5) is 13.9. The molecule has 8 heteroatoms. The Balaban J connectivity index is 2.27. The van der Waals surface area contributed by atoms with Crippen molar-refractivity contribution < 1.29 is 18.7 Å². The van der Waals surface area contributed by atoms with Gasteiger partial charge in [0.25, 0.3) is 5.91 Å². The summed E-state index contributed by atoms with van der Waals surface area (Å²) in [6.07, 6.45) is 0.892. The molecule has 136 valence electrons. The maximum atomic E-state index is 13.3. The molecule has 0 bridgehead atoms. The van der Waals surface area contributed by atoms with Crippen molar-refractivity contribution in [3.63, 3.8) is 0 Å². The van der Waals surface area contributed by atoms with Crippen molar-refractivity contribution in [1.29, 1.82) is 0 Å². The Morgan fingerprint density at radius 2 is 2.17 bits per heavy atom. The summed E-state index contributed by atoms with van der Waals surface area (Å²) in [7, 11) is 1.65. The lowest BCUT2D eigenvalue weighted by Gasteiger charge is -2.21. The second-order valence-electron chi connectivity index (χ2n) is 5.19. The molecule has 0 radical (unpaired) electrons. The van der Waals surface area contributed by atoms with E-state index in [-0.39, 0.29) is 23.3 Å². The molecule has 1 rings (SSSR count). The number of halogens is 2. The van der Waals surface area contributed by atoms with Gasteiger partial charge in [0.15, 0.2) is 6.61 Å². The first-order valence-corrected chi connectivity index (χ1v) is 8.20. The van der Waals surface area contributed by atoms with E-state index in [4.69, 9.17) is 26.8 Å². The molecule has 3 N–H and O–H groups in total. The number of nitrogens with zero attached hydrogens (tertiary/aromatic N) is 1. The molecule has 0 aliphatic heterocycles. The third-order valence-electron chi connectivity index (χ3n) is 3.30. The number of rotatable bonds is 12. The fraction of sp³-hybridized carbons (Fsp3) is 0.562. The Bertz CT molecular complexity index is 497. The molecule has 0 aliphatic carbocycles. The van der Waals surface area contributed by atoms with Gasteiger partial charge in [0, 0.05) is 32.8 Å². The van der Waals surface area contributed by atoms with Crippen LogP contribution in [0, 0.1) is 5.82 Å². The third kappa shape index (κ3) is 8.44. The topological polar surface area (TPSA) is 76.8 Å². The first kappa shape index (κ1) is 20.6. The van der Waals surface area contributed by atoms with E-state index < -0.39 is 5.82 Å². The minimum atomic E-state index is -0.580. The van der Waals surface area contributed by atoms with Crippen molar-refractivity contribution in [2.75, 3.05) is 53.0 Å². The van der Waals surface area contributed by atoms with Crippen LogP contribution in [0.3, 0.4) is 0 Å². The Kier molecular flexibility index (Phi) is 10.3. The van der Waals surface area contributed by atoms with Gasteiger partial charge >= 0.3 is 0 Å². The first-order chi connectivity index (χ1) is 11.6. The second-order valence-corrected chi connectivity index (χ2v) is 5.60. The van der Waals surface area contributed by atoms with E-state index in [1.54, 1.807) is 7.11 Å². The summed E-state index contributed by atoms with van der Waals surface area (Å²) in [5.74, 6) is -0.587. The highest BCUT2D eigenvalue weighted by Gasteiger charge is 2.07. The largest absolute Gasteiger partial charge is 0.484 e. The molecular weight excluding hydrogens is 337 g/mol. The number of hydrogen-bond acceptors (Lipinski definition) is 5. The lowest BCUT2D eigenvalue weighted by atomic mass is 10.3. The highest BCUT2D eigenvalue weighted by Crippen LogP contribution is 2.20. The van der Waals surface area contributed by atoms with Crippen LogP contribution < -0.4 is 15.8 Å². The van der Waals surface area contributed by atoms with Crippen molar-refractivity contribution in [1.82, 2.24) is 10.2 Å². The quantitative estimate of drug-likeness (QED) is 0.586. The number of methoxy groups -OCH3 is 1. The molecule has 1 amide bonds. The van der Waals surface area contributed by atoms with Crippen LogP contribution in [0.15, 0.2) is 18.2 Å². The molecule has 1 aromatic rings. The molecule has 24 heavy (non-hydrogen) atoms. The molecule has 0 fully saturated rings. The lowest BCUT2D eigenvalue weighted by molar-refractivity contribution is -0.123. The normalized spacial score (nSPS) is 10.9. The monoisotopic (exact) mass is 361 g/mol. The average molecular weight is 362 g/mol. The lowest BCUT2D eigenvalue weighted by Crippen LogP contribution is -2.39. The Morgan fingerprint density at radius 3 is 2.83 bits per heavy atom. The van der Waals surface area contributed by atoms with Gasteiger partial charge in [-0.25, -0.2) is 4.39 Å². The molecule has 1 aromatic carbocycles. The van der Waals surface area contributed by atoms with Crippen LogP contribution in [-0.2, 0) is 9.53 Å². The summed E-state index contributed by atoms with van der Waals surface area (Å²) in [5.41, 5.74) is 5.52. The number of benzene rings is 1. The molecule has 0 saturated heterocycles. The zero-order chi connectivity index (χ0) is 17.8. The highest BCUT2D eigenvalue weighted by molar-refractivity contribution is 6.30. The average Bonchev–Trinajstić information content (AvgIpc) is 2.57. The molecule has 0 aromatic heterocycles. The molecule has 6 nitrogen and oxygen atoms in total. The predicted octanol–water partition coefficient (Wildman–Crippen LogP) is 1.27. The summed E-state index contributed by atoms with van der Waals surface area (Å²) < 4.78 is 23.6. The molecular formula is C16H25ClFN3O3. The van der Waals surface area contributed by atoms with Crippen molar-refractivity contribution >= 4 is 17.5 Å². The van der Waals surface area contributed by atoms with E-state index in [1.807, 2.05) is 0 Å². The SMILES string of the molecule is COCCN(CCCN)CCNC(=O)COc1ccc(Cl)c(F)c1. The fourth-order valence-corrected chi connectivity index (χ4v) is 2.11. The van der Waals surface area contributed by atoms with E-state index in [2.05, 4.69) is 10.2 Å². The van der Waals surface area contributed by atoms with Crippen molar-refractivity contribution in [2.24, 2.45) is 5.73 Å². The highest BCUT2D eigenvalue weighted by atomic mass is 35.5. The van der Waals surface area contributed by atoms with Gasteiger partial charge in [-0.1, -0.05) is 11.6 Å². The van der Waals surface area contributed by atoms with Gasteiger partial charge < -0.3 is 20.5 Å². The molecule has 0 atom stereocenters. The van der Waals surface area contributed by atoms with Crippen LogP contribution in [0.2, 0.25) is 5.02 Å². The summed E-state index contributed by atoms with van der Waals surface area (Å²) in [5, 5.41) is 2.78. The van der Waals surface area contributed by atoms with Crippen molar-refractivity contribution in [3.8, 4) is 5.75 Å². The minimum absolute atomic E-state index is 0.0143. The van der Waals surface area contributed by atoms with E-state index in [0.717, 1.165) is 25.6 Å². The number of hydrogen-bond donors (Lipinski definition) is 2. The van der Waals surface area contributed by atoms with Gasteiger partial charge in [-0.05, 0) is 31.6 Å². The van der Waals surface area contributed by atoms with Crippen LogP contribution in [0.5, 0.6) is 5.75 Å². The number of amides is 1. The Morgan fingerprint density at radius 1 is 1.38 bits per heavy atom. The van der Waals surface area contributed by atoms with Gasteiger partial charge in [0.1, 0.15) is 11.6 Å². The zero-order valence-corrected chi connectivity index (χ0v) is 14.7. The van der Waals surface area contributed by atoms with Crippen LogP contribution in [0.25, 0.3) is 0 Å². The van der Waals surface area contributed by atoms with Crippen molar-refractivity contribution in [2.45, 2.75) is 6.42 Å². The van der Waals surface area contributed by atoms with Crippen LogP contribution >= 0.6 is 11.6 Å². The summed E-state index contributed by atoms with van der Waals surface area (Å²) in [6.45, 7) is 3.91.